The molecule has 156 valence electrons. The van der Waals surface area contributed by atoms with Crippen molar-refractivity contribution in [1.82, 2.24) is 9.89 Å². The van der Waals surface area contributed by atoms with Crippen LogP contribution in [0.1, 0.15) is 11.1 Å². The number of hydrogen-bond acceptors (Lipinski definition) is 4. The van der Waals surface area contributed by atoms with Gasteiger partial charge in [-0.15, -0.1) is 9.89 Å². The van der Waals surface area contributed by atoms with Crippen LogP contribution in [0.25, 0.3) is 10.8 Å². The lowest BCUT2D eigenvalue weighted by Gasteiger charge is -2.12. The quantitative estimate of drug-likeness (QED) is 0.458. The third-order valence-electron chi connectivity index (χ3n) is 4.51. The highest BCUT2D eigenvalue weighted by atomic mass is 32.2. The summed E-state index contributed by atoms with van der Waals surface area (Å²) in [5.41, 5.74) is 3.18. The maximum absolute atomic E-state index is 13.4. The van der Waals surface area contributed by atoms with Gasteiger partial charge in [0.1, 0.15) is 16.7 Å². The number of nitrogens with one attached hydrogen (secondary N) is 1. The van der Waals surface area contributed by atoms with Crippen molar-refractivity contribution in [2.45, 2.75) is 17.2 Å². The summed E-state index contributed by atoms with van der Waals surface area (Å²) in [5, 5.41) is 5.99. The zero-order chi connectivity index (χ0) is 21.8. The fourth-order valence-corrected chi connectivity index (χ4v) is 4.09. The van der Waals surface area contributed by atoms with E-state index in [0.29, 0.717) is 21.6 Å². The molecule has 4 rings (SSSR count). The first kappa shape index (κ1) is 20.7. The molecule has 0 radical (unpaired) electrons. The van der Waals surface area contributed by atoms with Gasteiger partial charge in [-0.2, -0.15) is 0 Å². The van der Waals surface area contributed by atoms with Crippen LogP contribution >= 0.6 is 11.8 Å². The van der Waals surface area contributed by atoms with Crippen LogP contribution < -0.4 is 11.0 Å². The zero-order valence-corrected chi connectivity index (χ0v) is 17.0. The van der Waals surface area contributed by atoms with Crippen LogP contribution in [0.4, 0.5) is 8.78 Å². The predicted molar refractivity (Wildman–Crippen MR) is 116 cm³/mol. The maximum Gasteiger partial charge on any atom is 0.294 e. The van der Waals surface area contributed by atoms with Crippen molar-refractivity contribution in [3.05, 3.63) is 106 Å². The van der Waals surface area contributed by atoms with Gasteiger partial charge in [-0.25, -0.2) is 14.2 Å². The van der Waals surface area contributed by atoms with Gasteiger partial charge in [0.2, 0.25) is 5.91 Å². The first-order chi connectivity index (χ1) is 15.0. The van der Waals surface area contributed by atoms with E-state index in [-0.39, 0.29) is 12.0 Å². The Labute approximate surface area is 180 Å². The Morgan fingerprint density at radius 3 is 2.26 bits per heavy atom. The van der Waals surface area contributed by atoms with Gasteiger partial charge in [0.05, 0.1) is 11.8 Å². The molecule has 1 heterocycles. The highest BCUT2D eigenvalue weighted by Crippen LogP contribution is 2.26. The lowest BCUT2D eigenvalue weighted by atomic mass is 10.1. The van der Waals surface area contributed by atoms with Crippen molar-refractivity contribution in [2.24, 2.45) is 0 Å². The summed E-state index contributed by atoms with van der Waals surface area (Å²) in [6.07, 6.45) is -0.303. The summed E-state index contributed by atoms with van der Waals surface area (Å²) in [6, 6.07) is 19.7. The van der Waals surface area contributed by atoms with Gasteiger partial charge in [-0.1, -0.05) is 60.3 Å². The zero-order valence-electron chi connectivity index (χ0n) is 16.2. The summed E-state index contributed by atoms with van der Waals surface area (Å²) in [6.45, 7) is 0. The summed E-state index contributed by atoms with van der Waals surface area (Å²) in [4.78, 5) is 26.1. The van der Waals surface area contributed by atoms with E-state index in [1.165, 1.54) is 11.8 Å². The second-order valence-corrected chi connectivity index (χ2v) is 7.80. The van der Waals surface area contributed by atoms with Crippen molar-refractivity contribution >= 4 is 28.4 Å². The Hall–Kier alpha value is -3.52. The number of hydrogen-bond donors (Lipinski definition) is 1. The summed E-state index contributed by atoms with van der Waals surface area (Å²) < 4.78 is 26.8. The summed E-state index contributed by atoms with van der Waals surface area (Å²) in [5.74, 6) is -1.53. The number of carbonyl (C=O) groups is 1. The largest absolute Gasteiger partial charge is 0.294 e. The minimum Gasteiger partial charge on any atom is -0.273 e. The topological polar surface area (TPSA) is 64.0 Å². The summed E-state index contributed by atoms with van der Waals surface area (Å²) >= 11 is 1.44. The van der Waals surface area contributed by atoms with E-state index in [4.69, 9.17) is 0 Å². The van der Waals surface area contributed by atoms with E-state index in [9.17, 15) is 18.4 Å². The molecule has 1 aromatic heterocycles. The first-order valence-corrected chi connectivity index (χ1v) is 10.4. The third-order valence-corrected chi connectivity index (χ3v) is 5.56. The molecular weight excluding hydrogens is 420 g/mol. The number of benzene rings is 3. The molecule has 0 unspecified atom stereocenters. The van der Waals surface area contributed by atoms with Gasteiger partial charge >= 0.3 is 0 Å². The maximum atomic E-state index is 13.4. The van der Waals surface area contributed by atoms with Gasteiger partial charge in [0.25, 0.3) is 5.56 Å². The Bertz CT molecular complexity index is 1290. The standard InChI is InChI=1S/C23H17F2N3O2S/c24-17-10-16(11-18(25)13-17)12-21(29)26-28-23(30)20-9-5-4-8-19(20)22(27-28)31-14-15-6-2-1-3-7-15/h1-11,13H,12,14H2,(H,26,29). The van der Waals surface area contributed by atoms with Crippen LogP contribution in [-0.2, 0) is 17.0 Å². The van der Waals surface area contributed by atoms with E-state index in [0.717, 1.165) is 28.6 Å². The molecule has 0 aliphatic carbocycles. The SMILES string of the molecule is O=C(Cc1cc(F)cc(F)c1)Nn1nc(SCc2ccccc2)c2ccccc2c1=O. The molecule has 0 spiro atoms. The highest BCUT2D eigenvalue weighted by Gasteiger charge is 2.14. The highest BCUT2D eigenvalue weighted by molar-refractivity contribution is 7.98. The van der Waals surface area contributed by atoms with Gasteiger partial charge < -0.3 is 0 Å². The normalized spacial score (nSPS) is 10.9. The molecule has 0 saturated heterocycles. The number of halogens is 2. The minimum absolute atomic E-state index is 0.155. The van der Waals surface area contributed by atoms with E-state index >= 15 is 0 Å². The fraction of sp³-hybridized carbons (Fsp3) is 0.0870. The lowest BCUT2D eigenvalue weighted by Crippen LogP contribution is -2.36. The molecule has 1 N–H and O–H groups in total. The smallest absolute Gasteiger partial charge is 0.273 e. The van der Waals surface area contributed by atoms with Crippen molar-refractivity contribution < 1.29 is 13.6 Å². The van der Waals surface area contributed by atoms with Gasteiger partial charge in [-0.3, -0.25) is 9.59 Å². The second kappa shape index (κ2) is 9.09. The molecule has 0 bridgehead atoms. The Morgan fingerprint density at radius 1 is 0.903 bits per heavy atom. The number of nitrogens with zero attached hydrogens (tertiary/aromatic N) is 2. The van der Waals surface area contributed by atoms with E-state index in [2.05, 4.69) is 10.5 Å². The molecule has 8 heteroatoms. The summed E-state index contributed by atoms with van der Waals surface area (Å²) in [7, 11) is 0. The van der Waals surface area contributed by atoms with Crippen LogP contribution in [0.2, 0.25) is 0 Å². The van der Waals surface area contributed by atoms with Gasteiger partial charge in [0.15, 0.2) is 0 Å². The van der Waals surface area contributed by atoms with E-state index in [1.807, 2.05) is 36.4 Å². The number of aromatic nitrogens is 2. The molecule has 0 fully saturated rings. The van der Waals surface area contributed by atoms with Gasteiger partial charge in [0, 0.05) is 17.2 Å². The van der Waals surface area contributed by atoms with Crippen molar-refractivity contribution in [2.75, 3.05) is 5.43 Å². The molecule has 3 aromatic carbocycles. The molecule has 4 aromatic rings. The molecule has 0 aliphatic heterocycles. The van der Waals surface area contributed by atoms with Crippen molar-refractivity contribution in [1.29, 1.82) is 0 Å². The lowest BCUT2D eigenvalue weighted by molar-refractivity contribution is -0.116. The van der Waals surface area contributed by atoms with Gasteiger partial charge in [-0.05, 0) is 29.3 Å². The van der Waals surface area contributed by atoms with Crippen molar-refractivity contribution in [3.8, 4) is 0 Å². The molecule has 0 aliphatic rings. The number of amides is 1. The Morgan fingerprint density at radius 2 is 1.55 bits per heavy atom. The third kappa shape index (κ3) is 4.97. The second-order valence-electron chi connectivity index (χ2n) is 6.83. The van der Waals surface area contributed by atoms with Crippen LogP contribution in [0.15, 0.2) is 82.6 Å². The first-order valence-electron chi connectivity index (χ1n) is 9.43. The number of fused-ring (bicyclic) bond motifs is 1. The minimum atomic E-state index is -0.775. The average Bonchev–Trinajstić information content (AvgIpc) is 2.75. The monoisotopic (exact) mass is 437 g/mol. The van der Waals surface area contributed by atoms with E-state index in [1.54, 1.807) is 18.2 Å². The number of rotatable bonds is 6. The molecule has 0 atom stereocenters. The fourth-order valence-electron chi connectivity index (χ4n) is 3.12. The van der Waals surface area contributed by atoms with E-state index < -0.39 is 23.1 Å². The van der Waals surface area contributed by atoms with Crippen LogP contribution in [0.3, 0.4) is 0 Å². The Kier molecular flexibility index (Phi) is 6.08. The molecule has 0 saturated carbocycles. The van der Waals surface area contributed by atoms with Crippen LogP contribution in [-0.4, -0.2) is 15.8 Å². The van der Waals surface area contributed by atoms with Crippen LogP contribution in [0.5, 0.6) is 0 Å². The molecule has 31 heavy (non-hydrogen) atoms. The molecule has 1 amide bonds. The molecular formula is C23H17F2N3O2S. The van der Waals surface area contributed by atoms with Crippen LogP contribution in [0, 0.1) is 11.6 Å². The average molecular weight is 437 g/mol. The number of thioether (sulfide) groups is 1. The predicted octanol–water partition coefficient (Wildman–Crippen LogP) is 4.28. The number of carbonyl (C=O) groups excluding carboxylic acids is 1. The molecule has 5 nitrogen and oxygen atoms in total. The van der Waals surface area contributed by atoms with Crippen molar-refractivity contribution in [3.63, 3.8) is 0 Å². The Balaban J connectivity index is 1.61.